The van der Waals surface area contributed by atoms with Crippen LogP contribution in [0, 0.1) is 0 Å². The smallest absolute Gasteiger partial charge is 0.231 e. The third-order valence-corrected chi connectivity index (χ3v) is 4.18. The number of nitrogens with two attached hydrogens (primary N) is 1. The van der Waals surface area contributed by atoms with Gasteiger partial charge in [-0.2, -0.15) is 11.3 Å². The van der Waals surface area contributed by atoms with Crippen molar-refractivity contribution in [2.24, 2.45) is 5.73 Å². The molecule has 0 atom stereocenters. The highest BCUT2D eigenvalue weighted by molar-refractivity contribution is 7.07. The van der Waals surface area contributed by atoms with E-state index in [1.165, 1.54) is 5.56 Å². The first kappa shape index (κ1) is 13.5. The van der Waals surface area contributed by atoms with Crippen molar-refractivity contribution >= 4 is 17.2 Å². The Morgan fingerprint density at radius 2 is 2.28 bits per heavy atom. The molecule has 0 spiro atoms. The summed E-state index contributed by atoms with van der Waals surface area (Å²) in [6, 6.07) is 2.65. The van der Waals surface area contributed by atoms with Crippen LogP contribution in [0.5, 0.6) is 0 Å². The van der Waals surface area contributed by atoms with Crippen LogP contribution >= 0.6 is 11.3 Å². The fraction of sp³-hybridized carbons (Fsp3) is 0.615. The molecule has 1 aromatic heterocycles. The van der Waals surface area contributed by atoms with Gasteiger partial charge in [0.05, 0.1) is 6.54 Å². The minimum absolute atomic E-state index is 0.223. The molecule has 0 bridgehead atoms. The van der Waals surface area contributed by atoms with Crippen molar-refractivity contribution in [2.45, 2.75) is 25.3 Å². The molecule has 2 rings (SSSR count). The topological polar surface area (TPSA) is 58.4 Å². The zero-order valence-electron chi connectivity index (χ0n) is 10.6. The third kappa shape index (κ3) is 4.08. The molecule has 5 heteroatoms. The zero-order valence-corrected chi connectivity index (χ0v) is 11.4. The molecule has 18 heavy (non-hydrogen) atoms. The molecule has 0 aliphatic carbocycles. The number of piperidine rings is 1. The average Bonchev–Trinajstić information content (AvgIpc) is 2.88. The predicted molar refractivity (Wildman–Crippen MR) is 74.7 cm³/mol. The molecule has 4 nitrogen and oxygen atoms in total. The van der Waals surface area contributed by atoms with Crippen LogP contribution in [0.25, 0.3) is 0 Å². The highest BCUT2D eigenvalue weighted by atomic mass is 32.1. The van der Waals surface area contributed by atoms with Gasteiger partial charge < -0.3 is 11.1 Å². The number of amides is 1. The Bertz CT molecular complexity index is 360. The predicted octanol–water partition coefficient (Wildman–Crippen LogP) is 0.830. The van der Waals surface area contributed by atoms with Gasteiger partial charge in [0.15, 0.2) is 0 Å². The Labute approximate surface area is 112 Å². The normalized spacial score (nSPS) is 17.2. The van der Waals surface area contributed by atoms with Crippen molar-refractivity contribution in [1.82, 2.24) is 10.2 Å². The van der Waals surface area contributed by atoms with Crippen LogP contribution in [0.15, 0.2) is 16.8 Å². The maximum atomic E-state index is 11.2. The van der Waals surface area contributed by atoms with Gasteiger partial charge in [-0.05, 0) is 54.7 Å². The molecule has 1 saturated heterocycles. The van der Waals surface area contributed by atoms with Gasteiger partial charge in [-0.3, -0.25) is 9.69 Å². The Balaban J connectivity index is 1.89. The number of rotatable bonds is 6. The van der Waals surface area contributed by atoms with E-state index in [2.05, 4.69) is 27.0 Å². The second-order valence-corrected chi connectivity index (χ2v) is 5.58. The zero-order chi connectivity index (χ0) is 12.8. The van der Waals surface area contributed by atoms with E-state index in [9.17, 15) is 4.79 Å². The molecule has 100 valence electrons. The van der Waals surface area contributed by atoms with E-state index in [0.717, 1.165) is 38.9 Å². The lowest BCUT2D eigenvalue weighted by Gasteiger charge is -2.33. The van der Waals surface area contributed by atoms with Crippen LogP contribution in [-0.4, -0.2) is 43.0 Å². The summed E-state index contributed by atoms with van der Waals surface area (Å²) in [6.45, 7) is 3.38. The van der Waals surface area contributed by atoms with Gasteiger partial charge in [-0.15, -0.1) is 0 Å². The molecule has 0 saturated carbocycles. The Kier molecular flexibility index (Phi) is 5.16. The van der Waals surface area contributed by atoms with Gasteiger partial charge in [0.2, 0.25) is 5.91 Å². The molecule has 1 aliphatic heterocycles. The molecular weight excluding hydrogens is 246 g/mol. The van der Waals surface area contributed by atoms with Crippen molar-refractivity contribution in [2.75, 3.05) is 26.2 Å². The first-order valence-corrected chi connectivity index (χ1v) is 7.44. The van der Waals surface area contributed by atoms with Gasteiger partial charge in [-0.25, -0.2) is 0 Å². The number of carbonyl (C=O) groups is 1. The van der Waals surface area contributed by atoms with E-state index in [4.69, 9.17) is 5.73 Å². The largest absolute Gasteiger partial charge is 0.369 e. The highest BCUT2D eigenvalue weighted by Crippen LogP contribution is 2.14. The van der Waals surface area contributed by atoms with Gasteiger partial charge >= 0.3 is 0 Å². The summed E-state index contributed by atoms with van der Waals surface area (Å²) in [5, 5.41) is 7.62. The van der Waals surface area contributed by atoms with Crippen LogP contribution in [-0.2, 0) is 11.2 Å². The lowest BCUT2D eigenvalue weighted by Crippen LogP contribution is -2.47. The van der Waals surface area contributed by atoms with Crippen molar-refractivity contribution in [3.05, 3.63) is 22.4 Å². The van der Waals surface area contributed by atoms with E-state index in [-0.39, 0.29) is 5.91 Å². The molecule has 1 aromatic rings. The van der Waals surface area contributed by atoms with E-state index < -0.39 is 0 Å². The fourth-order valence-electron chi connectivity index (χ4n) is 2.47. The second kappa shape index (κ2) is 6.87. The number of thiophene rings is 1. The van der Waals surface area contributed by atoms with Crippen LogP contribution in [0.1, 0.15) is 18.4 Å². The number of primary amides is 1. The summed E-state index contributed by atoms with van der Waals surface area (Å²) in [4.78, 5) is 13.4. The van der Waals surface area contributed by atoms with Gasteiger partial charge in [0, 0.05) is 12.6 Å². The van der Waals surface area contributed by atoms with Crippen LogP contribution in [0.4, 0.5) is 0 Å². The van der Waals surface area contributed by atoms with E-state index in [1.807, 2.05) is 0 Å². The number of hydrogen-bond acceptors (Lipinski definition) is 4. The summed E-state index contributed by atoms with van der Waals surface area (Å²) in [5.41, 5.74) is 6.71. The summed E-state index contributed by atoms with van der Waals surface area (Å²) in [5.74, 6) is -0.223. The second-order valence-electron chi connectivity index (χ2n) is 4.80. The Morgan fingerprint density at radius 3 is 2.89 bits per heavy atom. The van der Waals surface area contributed by atoms with E-state index >= 15 is 0 Å². The summed E-state index contributed by atoms with van der Waals surface area (Å²) < 4.78 is 0. The van der Waals surface area contributed by atoms with Crippen molar-refractivity contribution in [3.8, 4) is 0 Å². The molecule has 1 aliphatic rings. The van der Waals surface area contributed by atoms with Gasteiger partial charge in [0.1, 0.15) is 0 Å². The first-order valence-electron chi connectivity index (χ1n) is 6.50. The molecular formula is C13H21N3OS. The number of nitrogens with one attached hydrogen (secondary N) is 1. The third-order valence-electron chi connectivity index (χ3n) is 3.45. The average molecular weight is 267 g/mol. The van der Waals surface area contributed by atoms with E-state index in [0.29, 0.717) is 12.6 Å². The molecule has 1 fully saturated rings. The molecule has 3 N–H and O–H groups in total. The monoisotopic (exact) mass is 267 g/mol. The van der Waals surface area contributed by atoms with Gasteiger partial charge in [0.25, 0.3) is 0 Å². The van der Waals surface area contributed by atoms with Crippen molar-refractivity contribution in [1.29, 1.82) is 0 Å². The fourth-order valence-corrected chi connectivity index (χ4v) is 3.17. The van der Waals surface area contributed by atoms with E-state index in [1.54, 1.807) is 11.3 Å². The maximum absolute atomic E-state index is 11.2. The first-order chi connectivity index (χ1) is 8.75. The molecule has 1 amide bonds. The minimum Gasteiger partial charge on any atom is -0.369 e. The molecule has 2 heterocycles. The number of carbonyl (C=O) groups excluding carboxylic acids is 1. The van der Waals surface area contributed by atoms with Crippen LogP contribution in [0.3, 0.4) is 0 Å². The highest BCUT2D eigenvalue weighted by Gasteiger charge is 2.21. The van der Waals surface area contributed by atoms with Crippen LogP contribution in [0.2, 0.25) is 0 Å². The standard InChI is InChI=1S/C13H21N3OS/c14-13(17)9-16(12-1-5-15-6-2-12)7-3-11-4-8-18-10-11/h4,8,10,12,15H,1-3,5-7,9H2,(H2,14,17). The SMILES string of the molecule is NC(=O)CN(CCc1ccsc1)C1CCNCC1. The lowest BCUT2D eigenvalue weighted by atomic mass is 10.0. The lowest BCUT2D eigenvalue weighted by molar-refractivity contribution is -0.119. The molecule has 0 aromatic carbocycles. The number of nitrogens with zero attached hydrogens (tertiary/aromatic N) is 1. The van der Waals surface area contributed by atoms with Crippen molar-refractivity contribution in [3.63, 3.8) is 0 Å². The maximum Gasteiger partial charge on any atom is 0.231 e. The Hall–Kier alpha value is -0.910. The van der Waals surface area contributed by atoms with Gasteiger partial charge in [-0.1, -0.05) is 0 Å². The molecule has 0 unspecified atom stereocenters. The summed E-state index contributed by atoms with van der Waals surface area (Å²) in [7, 11) is 0. The molecule has 0 radical (unpaired) electrons. The number of hydrogen-bond donors (Lipinski definition) is 2. The van der Waals surface area contributed by atoms with Crippen molar-refractivity contribution < 1.29 is 4.79 Å². The summed E-state index contributed by atoms with van der Waals surface area (Å²) in [6.07, 6.45) is 3.22. The van der Waals surface area contributed by atoms with Crippen LogP contribution < -0.4 is 11.1 Å². The Morgan fingerprint density at radius 1 is 1.50 bits per heavy atom. The summed E-state index contributed by atoms with van der Waals surface area (Å²) >= 11 is 1.72. The minimum atomic E-state index is -0.223. The quantitative estimate of drug-likeness (QED) is 0.802.